The summed E-state index contributed by atoms with van der Waals surface area (Å²) in [7, 11) is 6.97. The Balaban J connectivity index is 0.00000341. The van der Waals surface area contributed by atoms with E-state index >= 15 is 0 Å². The molecule has 0 amide bonds. The summed E-state index contributed by atoms with van der Waals surface area (Å²) in [6.45, 7) is 5.75. The van der Waals surface area contributed by atoms with Crippen LogP contribution in [0.15, 0.2) is 23.2 Å². The molecule has 9 heteroatoms. The van der Waals surface area contributed by atoms with Gasteiger partial charge in [-0.25, -0.2) is 0 Å². The first kappa shape index (κ1) is 25.8. The van der Waals surface area contributed by atoms with Gasteiger partial charge < -0.3 is 29.7 Å². The fourth-order valence-corrected chi connectivity index (χ4v) is 4.32. The smallest absolute Gasteiger partial charge is 0.191 e. The maximum atomic E-state index is 5.42. The Hall–Kier alpha value is -1.46. The largest absolute Gasteiger partial charge is 0.497 e. The number of nitrogens with zero attached hydrogens (tertiary/aromatic N) is 3. The van der Waals surface area contributed by atoms with Gasteiger partial charge in [-0.15, -0.1) is 24.0 Å². The van der Waals surface area contributed by atoms with Crippen LogP contribution in [0, 0.1) is 0 Å². The highest BCUT2D eigenvalue weighted by molar-refractivity contribution is 14.0. The maximum Gasteiger partial charge on any atom is 0.191 e. The van der Waals surface area contributed by atoms with E-state index in [0.717, 1.165) is 68.9 Å². The van der Waals surface area contributed by atoms with E-state index in [2.05, 4.69) is 37.6 Å². The lowest BCUT2D eigenvalue weighted by molar-refractivity contribution is 0.141. The zero-order valence-corrected chi connectivity index (χ0v) is 21.6. The molecule has 2 unspecified atom stereocenters. The molecule has 0 aliphatic carbocycles. The van der Waals surface area contributed by atoms with Crippen molar-refractivity contribution in [1.82, 2.24) is 15.5 Å². The molecule has 0 spiro atoms. The molecule has 0 aromatic heterocycles. The van der Waals surface area contributed by atoms with Gasteiger partial charge in [0.05, 0.1) is 20.8 Å². The SMILES string of the molecule is CN=C(NCC1CCCN1CCOC)NC1CCN(c2cc(OC)cc(OC)c2)C1.I. The quantitative estimate of drug-likeness (QED) is 0.279. The van der Waals surface area contributed by atoms with Crippen molar-refractivity contribution >= 4 is 35.6 Å². The number of guanidine groups is 1. The summed E-state index contributed by atoms with van der Waals surface area (Å²) in [5.41, 5.74) is 1.12. The molecule has 2 saturated heterocycles. The fraction of sp³-hybridized carbons (Fsp3) is 0.682. The Morgan fingerprint density at radius 2 is 1.84 bits per heavy atom. The Kier molecular flexibility index (Phi) is 11.0. The molecular weight excluding hydrogens is 509 g/mol. The van der Waals surface area contributed by atoms with Crippen molar-refractivity contribution in [3.8, 4) is 11.5 Å². The van der Waals surface area contributed by atoms with Crippen molar-refractivity contribution in [2.75, 3.05) is 72.6 Å². The number of halogens is 1. The number of hydrogen-bond acceptors (Lipinski definition) is 6. The molecule has 31 heavy (non-hydrogen) atoms. The zero-order valence-electron chi connectivity index (χ0n) is 19.2. The molecule has 0 radical (unpaired) electrons. The van der Waals surface area contributed by atoms with Gasteiger partial charge in [-0.1, -0.05) is 0 Å². The summed E-state index contributed by atoms with van der Waals surface area (Å²) >= 11 is 0. The normalized spacial score (nSPS) is 21.7. The van der Waals surface area contributed by atoms with Crippen molar-refractivity contribution in [3.63, 3.8) is 0 Å². The predicted octanol–water partition coefficient (Wildman–Crippen LogP) is 2.18. The second-order valence-electron chi connectivity index (χ2n) is 7.92. The molecule has 2 aliphatic rings. The van der Waals surface area contributed by atoms with Crippen molar-refractivity contribution in [2.24, 2.45) is 4.99 Å². The molecule has 2 atom stereocenters. The number of methoxy groups -OCH3 is 3. The van der Waals surface area contributed by atoms with Gasteiger partial charge >= 0.3 is 0 Å². The van der Waals surface area contributed by atoms with Gasteiger partial charge in [-0.05, 0) is 25.8 Å². The topological polar surface area (TPSA) is 70.6 Å². The fourth-order valence-electron chi connectivity index (χ4n) is 4.32. The van der Waals surface area contributed by atoms with Crippen LogP contribution in [-0.2, 0) is 4.74 Å². The van der Waals surface area contributed by atoms with E-state index in [1.165, 1.54) is 12.8 Å². The minimum absolute atomic E-state index is 0. The van der Waals surface area contributed by atoms with Crippen LogP contribution in [0.3, 0.4) is 0 Å². The number of rotatable bonds is 9. The van der Waals surface area contributed by atoms with Crippen LogP contribution in [0.4, 0.5) is 5.69 Å². The second kappa shape index (κ2) is 13.2. The first-order valence-electron chi connectivity index (χ1n) is 10.8. The molecule has 0 bridgehead atoms. The van der Waals surface area contributed by atoms with Crippen LogP contribution in [0.25, 0.3) is 0 Å². The molecule has 2 N–H and O–H groups in total. The standard InChI is InChI=1S/C22H37N5O3.HI/c1-23-22(24-15-18-6-5-8-26(18)10-11-28-2)25-17-7-9-27(16-17)19-12-20(29-3)14-21(13-19)30-4;/h12-14,17-18H,5-11,15-16H2,1-4H3,(H2,23,24,25);1H. The van der Waals surface area contributed by atoms with E-state index in [-0.39, 0.29) is 24.0 Å². The summed E-state index contributed by atoms with van der Waals surface area (Å²) in [5, 5.41) is 7.13. The summed E-state index contributed by atoms with van der Waals surface area (Å²) < 4.78 is 16.1. The van der Waals surface area contributed by atoms with E-state index in [4.69, 9.17) is 14.2 Å². The first-order valence-corrected chi connectivity index (χ1v) is 10.8. The van der Waals surface area contributed by atoms with Crippen LogP contribution in [0.2, 0.25) is 0 Å². The number of anilines is 1. The number of hydrogen-bond donors (Lipinski definition) is 2. The molecule has 2 aliphatic heterocycles. The molecule has 2 fully saturated rings. The highest BCUT2D eigenvalue weighted by atomic mass is 127. The Labute approximate surface area is 203 Å². The average Bonchev–Trinajstić information content (AvgIpc) is 3.44. The molecule has 8 nitrogen and oxygen atoms in total. The van der Waals surface area contributed by atoms with Gasteiger partial charge in [0.1, 0.15) is 11.5 Å². The maximum absolute atomic E-state index is 5.42. The Morgan fingerprint density at radius 3 is 2.48 bits per heavy atom. The summed E-state index contributed by atoms with van der Waals surface area (Å²) in [6, 6.07) is 6.92. The minimum atomic E-state index is 0. The van der Waals surface area contributed by atoms with Gasteiger partial charge in [0.2, 0.25) is 0 Å². The number of nitrogens with one attached hydrogen (secondary N) is 2. The summed E-state index contributed by atoms with van der Waals surface area (Å²) in [5.74, 6) is 2.50. The minimum Gasteiger partial charge on any atom is -0.497 e. The third-order valence-electron chi connectivity index (χ3n) is 6.04. The molecule has 1 aromatic rings. The van der Waals surface area contributed by atoms with Gasteiger partial charge in [0, 0.05) is 76.3 Å². The van der Waals surface area contributed by atoms with Gasteiger partial charge in [-0.3, -0.25) is 9.89 Å². The monoisotopic (exact) mass is 547 g/mol. The van der Waals surface area contributed by atoms with E-state index in [0.29, 0.717) is 12.1 Å². The Bertz CT molecular complexity index is 683. The predicted molar refractivity (Wildman–Crippen MR) is 137 cm³/mol. The molecule has 176 valence electrons. The number of benzene rings is 1. The lowest BCUT2D eigenvalue weighted by atomic mass is 10.2. The lowest BCUT2D eigenvalue weighted by Gasteiger charge is -2.26. The van der Waals surface area contributed by atoms with Crippen LogP contribution < -0.4 is 25.0 Å². The number of ether oxygens (including phenoxy) is 3. The van der Waals surface area contributed by atoms with Crippen LogP contribution >= 0.6 is 24.0 Å². The van der Waals surface area contributed by atoms with Crippen LogP contribution in [0.5, 0.6) is 11.5 Å². The molecule has 1 aromatic carbocycles. The van der Waals surface area contributed by atoms with Crippen LogP contribution in [-0.4, -0.2) is 90.7 Å². The van der Waals surface area contributed by atoms with E-state index in [1.807, 2.05) is 13.1 Å². The van der Waals surface area contributed by atoms with E-state index in [1.54, 1.807) is 21.3 Å². The van der Waals surface area contributed by atoms with Gasteiger partial charge in [0.25, 0.3) is 0 Å². The summed E-state index contributed by atoms with van der Waals surface area (Å²) in [4.78, 5) is 9.32. The molecule has 2 heterocycles. The van der Waals surface area contributed by atoms with Gasteiger partial charge in [0.15, 0.2) is 5.96 Å². The summed E-state index contributed by atoms with van der Waals surface area (Å²) in [6.07, 6.45) is 3.54. The van der Waals surface area contributed by atoms with E-state index < -0.39 is 0 Å². The molecular formula is C22H38IN5O3. The average molecular weight is 547 g/mol. The number of likely N-dealkylation sites (tertiary alicyclic amines) is 1. The first-order chi connectivity index (χ1) is 14.7. The number of aliphatic imine (C=N–C) groups is 1. The van der Waals surface area contributed by atoms with Gasteiger partial charge in [-0.2, -0.15) is 0 Å². The van der Waals surface area contributed by atoms with E-state index in [9.17, 15) is 0 Å². The molecule has 3 rings (SSSR count). The van der Waals surface area contributed by atoms with Crippen molar-refractivity contribution in [2.45, 2.75) is 31.3 Å². The third kappa shape index (κ3) is 7.28. The zero-order chi connectivity index (χ0) is 21.3. The Morgan fingerprint density at radius 1 is 1.10 bits per heavy atom. The molecule has 0 saturated carbocycles. The van der Waals surface area contributed by atoms with Crippen LogP contribution in [0.1, 0.15) is 19.3 Å². The highest BCUT2D eigenvalue weighted by Gasteiger charge is 2.26. The van der Waals surface area contributed by atoms with Crippen molar-refractivity contribution in [1.29, 1.82) is 0 Å². The van der Waals surface area contributed by atoms with Crippen molar-refractivity contribution in [3.05, 3.63) is 18.2 Å². The lowest BCUT2D eigenvalue weighted by Crippen LogP contribution is -2.48. The third-order valence-corrected chi connectivity index (χ3v) is 6.04. The van der Waals surface area contributed by atoms with Crippen molar-refractivity contribution < 1.29 is 14.2 Å². The highest BCUT2D eigenvalue weighted by Crippen LogP contribution is 2.30. The second-order valence-corrected chi connectivity index (χ2v) is 7.92.